The summed E-state index contributed by atoms with van der Waals surface area (Å²) < 4.78 is 2.28. The molecule has 0 atom stereocenters. The molecule has 0 aliphatic carbocycles. The molecule has 0 saturated carbocycles. The van der Waals surface area contributed by atoms with Crippen molar-refractivity contribution in [1.29, 1.82) is 0 Å². The van der Waals surface area contributed by atoms with Crippen molar-refractivity contribution in [3.05, 3.63) is 126 Å². The molecule has 7 nitrogen and oxygen atoms in total. The lowest BCUT2D eigenvalue weighted by molar-refractivity contribution is 0.329. The minimum absolute atomic E-state index is 0.236. The van der Waals surface area contributed by atoms with E-state index in [4.69, 9.17) is 0 Å². The second-order valence-corrected chi connectivity index (χ2v) is 12.2. The number of phenols is 5. The number of aromatic hydroxyl groups is 5. The maximum Gasteiger partial charge on any atom is 0.208 e. The van der Waals surface area contributed by atoms with E-state index in [2.05, 4.69) is 79.1 Å². The van der Waals surface area contributed by atoms with Crippen LogP contribution in [0.15, 0.2) is 115 Å². The van der Waals surface area contributed by atoms with Crippen LogP contribution in [-0.4, -0.2) is 30.1 Å². The maximum atomic E-state index is 11.0. The first-order chi connectivity index (χ1) is 22.2. The zero-order valence-corrected chi connectivity index (χ0v) is 25.1. The molecule has 1 aromatic heterocycles. The van der Waals surface area contributed by atoms with Gasteiger partial charge in [-0.25, -0.2) is 0 Å². The number of nitrogens with zero attached hydrogens (tertiary/aromatic N) is 2. The Balaban J connectivity index is 1.35. The molecular formula is C39H30N2O5. The van der Waals surface area contributed by atoms with Crippen molar-refractivity contribution < 1.29 is 25.5 Å². The number of anilines is 3. The van der Waals surface area contributed by atoms with Crippen LogP contribution in [0.25, 0.3) is 38.6 Å². The van der Waals surface area contributed by atoms with Gasteiger partial charge in [-0.2, -0.15) is 0 Å². The van der Waals surface area contributed by atoms with E-state index in [1.165, 1.54) is 0 Å². The van der Waals surface area contributed by atoms with Gasteiger partial charge in [0, 0.05) is 21.9 Å². The lowest BCUT2D eigenvalue weighted by Gasteiger charge is -2.42. The molecule has 7 aromatic rings. The number of hydrogen-bond donors (Lipinski definition) is 5. The second kappa shape index (κ2) is 9.71. The van der Waals surface area contributed by atoms with Gasteiger partial charge in [0.1, 0.15) is 5.69 Å². The maximum absolute atomic E-state index is 11.0. The predicted octanol–water partition coefficient (Wildman–Crippen LogP) is 9.09. The molecule has 0 bridgehead atoms. The van der Waals surface area contributed by atoms with E-state index in [-0.39, 0.29) is 5.69 Å². The van der Waals surface area contributed by atoms with E-state index in [9.17, 15) is 25.5 Å². The zero-order chi connectivity index (χ0) is 31.9. The van der Waals surface area contributed by atoms with Crippen LogP contribution in [0.4, 0.5) is 17.1 Å². The first kappa shape index (κ1) is 27.5. The lowest BCUT2D eigenvalue weighted by Crippen LogP contribution is -2.30. The van der Waals surface area contributed by atoms with Crippen molar-refractivity contribution in [2.24, 2.45) is 0 Å². The van der Waals surface area contributed by atoms with E-state index in [1.54, 1.807) is 4.90 Å². The summed E-state index contributed by atoms with van der Waals surface area (Å²) in [4.78, 5) is 1.61. The summed E-state index contributed by atoms with van der Waals surface area (Å²) in [5, 5.41) is 55.3. The summed E-state index contributed by atoms with van der Waals surface area (Å²) in [7, 11) is 0. The average molecular weight is 607 g/mol. The third kappa shape index (κ3) is 3.72. The molecule has 0 spiro atoms. The Morgan fingerprint density at radius 3 is 1.80 bits per heavy atom. The Morgan fingerprint density at radius 1 is 0.478 bits per heavy atom. The van der Waals surface area contributed by atoms with E-state index < -0.39 is 34.2 Å². The minimum Gasteiger partial charge on any atom is -0.503 e. The van der Waals surface area contributed by atoms with Crippen molar-refractivity contribution in [3.8, 4) is 45.6 Å². The quantitative estimate of drug-likeness (QED) is 0.101. The van der Waals surface area contributed by atoms with Crippen LogP contribution in [0.1, 0.15) is 25.0 Å². The summed E-state index contributed by atoms with van der Waals surface area (Å²) in [6.45, 7) is 4.24. The van der Waals surface area contributed by atoms with E-state index >= 15 is 0 Å². The van der Waals surface area contributed by atoms with Gasteiger partial charge in [-0.15, -0.1) is 0 Å². The number of rotatable bonds is 3. The molecule has 0 amide bonds. The summed E-state index contributed by atoms with van der Waals surface area (Å²) in [5.74, 6) is -4.35. The number of aromatic nitrogens is 1. The highest BCUT2D eigenvalue weighted by Gasteiger charge is 2.40. The van der Waals surface area contributed by atoms with Crippen molar-refractivity contribution >= 4 is 38.9 Å². The molecule has 1 aliphatic rings. The standard InChI is InChI=1S/C39H30N2O5/c1-39(2)27-13-7-9-15-31(27)41(33-34(42)36(44)38(46)37(45)35(33)43)32-19-17-23(21-28(32)39)22-16-18-30-26(20-22)25-12-6-8-14-29(25)40(30)24-10-4-3-5-11-24/h3-21,42-46H,1-2H3. The van der Waals surface area contributed by atoms with E-state index in [0.29, 0.717) is 11.4 Å². The fraction of sp³-hybridized carbons (Fsp3) is 0.0769. The first-order valence-corrected chi connectivity index (χ1v) is 15.0. The number of fused-ring (bicyclic) bond motifs is 5. The van der Waals surface area contributed by atoms with Crippen LogP contribution in [0, 0.1) is 0 Å². The first-order valence-electron chi connectivity index (χ1n) is 15.0. The molecule has 0 radical (unpaired) electrons. The fourth-order valence-corrected chi connectivity index (χ4v) is 7.02. The topological polar surface area (TPSA) is 109 Å². The predicted molar refractivity (Wildman–Crippen MR) is 181 cm³/mol. The van der Waals surface area contributed by atoms with Crippen molar-refractivity contribution in [2.45, 2.75) is 19.3 Å². The van der Waals surface area contributed by atoms with Crippen molar-refractivity contribution in [3.63, 3.8) is 0 Å². The highest BCUT2D eigenvalue weighted by Crippen LogP contribution is 2.61. The molecule has 2 heterocycles. The largest absolute Gasteiger partial charge is 0.503 e. The summed E-state index contributed by atoms with van der Waals surface area (Å²) >= 11 is 0. The Bertz CT molecular complexity index is 2330. The normalized spacial score (nSPS) is 13.6. The van der Waals surface area contributed by atoms with Crippen LogP contribution in [-0.2, 0) is 5.41 Å². The van der Waals surface area contributed by atoms with Gasteiger partial charge in [0.25, 0.3) is 0 Å². The van der Waals surface area contributed by atoms with Gasteiger partial charge in [0.05, 0.1) is 22.4 Å². The summed E-state index contributed by atoms with van der Waals surface area (Å²) in [6.07, 6.45) is 0. The highest BCUT2D eigenvalue weighted by atomic mass is 16.4. The van der Waals surface area contributed by atoms with Crippen LogP contribution < -0.4 is 4.90 Å². The second-order valence-electron chi connectivity index (χ2n) is 12.2. The third-order valence-electron chi connectivity index (χ3n) is 9.32. The van der Waals surface area contributed by atoms with Crippen LogP contribution >= 0.6 is 0 Å². The zero-order valence-electron chi connectivity index (χ0n) is 25.1. The highest BCUT2D eigenvalue weighted by molar-refractivity contribution is 6.10. The van der Waals surface area contributed by atoms with Crippen LogP contribution in [0.5, 0.6) is 28.7 Å². The molecule has 6 aromatic carbocycles. The van der Waals surface area contributed by atoms with Gasteiger partial charge in [-0.3, -0.25) is 0 Å². The number of phenolic OH excluding ortho intramolecular Hbond substituents is 5. The molecule has 5 N–H and O–H groups in total. The SMILES string of the molecule is CC1(C)c2ccccc2N(c2c(O)c(O)c(O)c(O)c2O)c2ccc(-c3ccc4c(c3)c3ccccc3n4-c3ccccc3)cc21. The Hall–Kier alpha value is -6.08. The minimum atomic E-state index is -0.996. The van der Waals surface area contributed by atoms with Crippen molar-refractivity contribution in [2.75, 3.05) is 4.90 Å². The average Bonchev–Trinajstić information content (AvgIpc) is 3.42. The van der Waals surface area contributed by atoms with Gasteiger partial charge in [0.15, 0.2) is 11.5 Å². The number of benzene rings is 6. The van der Waals surface area contributed by atoms with Crippen LogP contribution in [0.2, 0.25) is 0 Å². The van der Waals surface area contributed by atoms with Gasteiger partial charge in [-0.05, 0) is 70.8 Å². The number of hydrogen-bond acceptors (Lipinski definition) is 6. The van der Waals surface area contributed by atoms with Gasteiger partial charge in [-0.1, -0.05) is 80.6 Å². The molecule has 0 saturated heterocycles. The van der Waals surface area contributed by atoms with Gasteiger partial charge in [0.2, 0.25) is 17.2 Å². The summed E-state index contributed by atoms with van der Waals surface area (Å²) in [5.41, 5.74) is 7.70. The smallest absolute Gasteiger partial charge is 0.208 e. The van der Waals surface area contributed by atoms with Gasteiger partial charge < -0.3 is 35.0 Å². The monoisotopic (exact) mass is 606 g/mol. The van der Waals surface area contributed by atoms with E-state index in [1.807, 2.05) is 54.6 Å². The van der Waals surface area contributed by atoms with Gasteiger partial charge >= 0.3 is 0 Å². The fourth-order valence-electron chi connectivity index (χ4n) is 7.02. The van der Waals surface area contributed by atoms with E-state index in [0.717, 1.165) is 49.7 Å². The van der Waals surface area contributed by atoms with Crippen molar-refractivity contribution in [1.82, 2.24) is 4.57 Å². The Kier molecular flexibility index (Phi) is 5.80. The molecule has 0 fully saturated rings. The van der Waals surface area contributed by atoms with Crippen LogP contribution in [0.3, 0.4) is 0 Å². The Labute approximate surface area is 264 Å². The molecular weight excluding hydrogens is 576 g/mol. The number of para-hydroxylation sites is 3. The molecule has 0 unspecified atom stereocenters. The summed E-state index contributed by atoms with van der Waals surface area (Å²) in [6, 6.07) is 38.8. The lowest BCUT2D eigenvalue weighted by atomic mass is 9.73. The molecule has 226 valence electrons. The third-order valence-corrected chi connectivity index (χ3v) is 9.32. The molecule has 1 aliphatic heterocycles. The molecule has 8 rings (SSSR count). The molecule has 46 heavy (non-hydrogen) atoms. The Morgan fingerprint density at radius 2 is 1.04 bits per heavy atom. The molecule has 7 heteroatoms.